The molecule has 0 spiro atoms. The standard InChI is InChI=1S/C10H17N3O2/c1-4-15-10(14)6-5-9-7-13(8(2)3)12-11-9/h7-8H,4-6H2,1-3H3. The summed E-state index contributed by atoms with van der Waals surface area (Å²) >= 11 is 0. The van der Waals surface area contributed by atoms with Gasteiger partial charge in [0.25, 0.3) is 0 Å². The highest BCUT2D eigenvalue weighted by atomic mass is 16.5. The summed E-state index contributed by atoms with van der Waals surface area (Å²) in [4.78, 5) is 11.1. The lowest BCUT2D eigenvalue weighted by atomic mass is 10.2. The van der Waals surface area contributed by atoms with Crippen LogP contribution in [0.5, 0.6) is 0 Å². The SMILES string of the molecule is CCOC(=O)CCc1cn(C(C)C)nn1. The van der Waals surface area contributed by atoms with Gasteiger partial charge in [-0.3, -0.25) is 4.79 Å². The first-order chi connectivity index (χ1) is 7.13. The van der Waals surface area contributed by atoms with Gasteiger partial charge in [-0.05, 0) is 20.8 Å². The molecule has 0 N–H and O–H groups in total. The molecule has 15 heavy (non-hydrogen) atoms. The fraction of sp³-hybridized carbons (Fsp3) is 0.700. The average Bonchev–Trinajstić information content (AvgIpc) is 2.63. The molecule has 1 heterocycles. The van der Waals surface area contributed by atoms with E-state index in [-0.39, 0.29) is 5.97 Å². The molecule has 1 aromatic rings. The third kappa shape index (κ3) is 3.69. The van der Waals surface area contributed by atoms with Crippen LogP contribution >= 0.6 is 0 Å². The summed E-state index contributed by atoms with van der Waals surface area (Å²) in [7, 11) is 0. The van der Waals surface area contributed by atoms with Gasteiger partial charge in [-0.15, -0.1) is 5.10 Å². The van der Waals surface area contributed by atoms with Crippen molar-refractivity contribution in [2.45, 2.75) is 39.7 Å². The first-order valence-corrected chi connectivity index (χ1v) is 5.19. The molecule has 1 aromatic heterocycles. The monoisotopic (exact) mass is 211 g/mol. The number of ether oxygens (including phenoxy) is 1. The molecular formula is C10H17N3O2. The Morgan fingerprint density at radius 1 is 1.60 bits per heavy atom. The van der Waals surface area contributed by atoms with Crippen molar-refractivity contribution in [3.8, 4) is 0 Å². The molecule has 84 valence electrons. The van der Waals surface area contributed by atoms with Gasteiger partial charge < -0.3 is 4.74 Å². The van der Waals surface area contributed by atoms with Gasteiger partial charge in [-0.1, -0.05) is 5.21 Å². The second-order valence-electron chi connectivity index (χ2n) is 3.59. The highest BCUT2D eigenvalue weighted by Gasteiger charge is 2.07. The van der Waals surface area contributed by atoms with Gasteiger partial charge in [0.15, 0.2) is 0 Å². The van der Waals surface area contributed by atoms with Crippen LogP contribution in [0, 0.1) is 0 Å². The van der Waals surface area contributed by atoms with Crippen LogP contribution in [0.3, 0.4) is 0 Å². The Morgan fingerprint density at radius 2 is 2.33 bits per heavy atom. The predicted molar refractivity (Wildman–Crippen MR) is 55.4 cm³/mol. The molecule has 0 amide bonds. The van der Waals surface area contributed by atoms with E-state index in [4.69, 9.17) is 4.74 Å². The molecule has 0 saturated heterocycles. The third-order valence-corrected chi connectivity index (χ3v) is 1.98. The third-order valence-electron chi connectivity index (χ3n) is 1.98. The summed E-state index contributed by atoms with van der Waals surface area (Å²) in [6, 6.07) is 0.300. The van der Waals surface area contributed by atoms with Gasteiger partial charge in [0.2, 0.25) is 0 Å². The van der Waals surface area contributed by atoms with Crippen molar-refractivity contribution in [2.24, 2.45) is 0 Å². The minimum atomic E-state index is -0.184. The van der Waals surface area contributed by atoms with Gasteiger partial charge in [-0.25, -0.2) is 4.68 Å². The lowest BCUT2D eigenvalue weighted by molar-refractivity contribution is -0.143. The lowest BCUT2D eigenvalue weighted by Crippen LogP contribution is -2.05. The number of aryl methyl sites for hydroxylation is 1. The number of carbonyl (C=O) groups excluding carboxylic acids is 1. The molecule has 5 nitrogen and oxygen atoms in total. The van der Waals surface area contributed by atoms with Gasteiger partial charge >= 0.3 is 5.97 Å². The zero-order valence-electron chi connectivity index (χ0n) is 9.43. The number of hydrogen-bond donors (Lipinski definition) is 0. The average molecular weight is 211 g/mol. The van der Waals surface area contributed by atoms with Crippen molar-refractivity contribution in [1.29, 1.82) is 0 Å². The maximum absolute atomic E-state index is 11.1. The Morgan fingerprint density at radius 3 is 2.87 bits per heavy atom. The van der Waals surface area contributed by atoms with E-state index in [0.717, 1.165) is 5.69 Å². The summed E-state index contributed by atoms with van der Waals surface area (Å²) in [5.41, 5.74) is 0.830. The lowest BCUT2D eigenvalue weighted by Gasteiger charge is -2.01. The van der Waals surface area contributed by atoms with Crippen LogP contribution in [0.15, 0.2) is 6.20 Å². The maximum atomic E-state index is 11.1. The zero-order valence-corrected chi connectivity index (χ0v) is 9.43. The van der Waals surface area contributed by atoms with Crippen molar-refractivity contribution >= 4 is 5.97 Å². The van der Waals surface area contributed by atoms with Crippen LogP contribution in [0.4, 0.5) is 0 Å². The van der Waals surface area contributed by atoms with Gasteiger partial charge in [0.1, 0.15) is 0 Å². The molecule has 0 aliphatic heterocycles. The smallest absolute Gasteiger partial charge is 0.306 e. The number of esters is 1. The van der Waals surface area contributed by atoms with Crippen molar-refractivity contribution < 1.29 is 9.53 Å². The topological polar surface area (TPSA) is 57.0 Å². The number of aromatic nitrogens is 3. The van der Waals surface area contributed by atoms with Gasteiger partial charge in [0.05, 0.1) is 18.7 Å². The predicted octanol–water partition coefficient (Wildman–Crippen LogP) is 1.35. The normalized spacial score (nSPS) is 10.7. The summed E-state index contributed by atoms with van der Waals surface area (Å²) in [5.74, 6) is -0.184. The van der Waals surface area contributed by atoms with Crippen LogP contribution in [0.25, 0.3) is 0 Å². The molecule has 0 aliphatic carbocycles. The minimum absolute atomic E-state index is 0.184. The molecule has 0 unspecified atom stereocenters. The number of rotatable bonds is 5. The van der Waals surface area contributed by atoms with Crippen LogP contribution in [0.1, 0.15) is 38.9 Å². The number of hydrogen-bond acceptors (Lipinski definition) is 4. The Hall–Kier alpha value is -1.39. The first-order valence-electron chi connectivity index (χ1n) is 5.19. The van der Waals surface area contributed by atoms with Crippen LogP contribution in [-0.4, -0.2) is 27.6 Å². The fourth-order valence-corrected chi connectivity index (χ4v) is 1.14. The molecule has 0 fully saturated rings. The Labute approximate surface area is 89.4 Å². The molecule has 0 saturated carbocycles. The fourth-order valence-electron chi connectivity index (χ4n) is 1.14. The van der Waals surface area contributed by atoms with E-state index < -0.39 is 0 Å². The number of carbonyl (C=O) groups is 1. The summed E-state index contributed by atoms with van der Waals surface area (Å²) in [6.07, 6.45) is 2.82. The Balaban J connectivity index is 2.41. The van der Waals surface area contributed by atoms with Gasteiger partial charge in [-0.2, -0.15) is 0 Å². The molecule has 0 aromatic carbocycles. The van der Waals surface area contributed by atoms with Crippen molar-refractivity contribution in [3.05, 3.63) is 11.9 Å². The zero-order chi connectivity index (χ0) is 11.3. The second-order valence-corrected chi connectivity index (χ2v) is 3.59. The van der Waals surface area contributed by atoms with E-state index in [1.165, 1.54) is 0 Å². The largest absolute Gasteiger partial charge is 0.466 e. The highest BCUT2D eigenvalue weighted by molar-refractivity contribution is 5.69. The second kappa shape index (κ2) is 5.48. The molecule has 1 rings (SSSR count). The van der Waals surface area contributed by atoms with Crippen LogP contribution in [0.2, 0.25) is 0 Å². The van der Waals surface area contributed by atoms with Gasteiger partial charge in [0, 0.05) is 18.7 Å². The van der Waals surface area contributed by atoms with E-state index in [0.29, 0.717) is 25.5 Å². The van der Waals surface area contributed by atoms with E-state index in [9.17, 15) is 4.79 Å². The van der Waals surface area contributed by atoms with Crippen molar-refractivity contribution in [1.82, 2.24) is 15.0 Å². The molecule has 0 bridgehead atoms. The first kappa shape index (κ1) is 11.7. The quantitative estimate of drug-likeness (QED) is 0.690. The summed E-state index contributed by atoms with van der Waals surface area (Å²) in [5, 5.41) is 7.93. The number of nitrogens with zero attached hydrogens (tertiary/aromatic N) is 3. The maximum Gasteiger partial charge on any atom is 0.306 e. The molecular weight excluding hydrogens is 194 g/mol. The Kier molecular flexibility index (Phi) is 4.27. The summed E-state index contributed by atoms with van der Waals surface area (Å²) < 4.78 is 6.60. The van der Waals surface area contributed by atoms with Crippen molar-refractivity contribution in [2.75, 3.05) is 6.61 Å². The van der Waals surface area contributed by atoms with E-state index in [1.54, 1.807) is 11.6 Å². The van der Waals surface area contributed by atoms with Crippen molar-refractivity contribution in [3.63, 3.8) is 0 Å². The molecule has 0 aliphatic rings. The van der Waals surface area contributed by atoms with Crippen LogP contribution in [-0.2, 0) is 16.0 Å². The molecule has 5 heteroatoms. The van der Waals surface area contributed by atoms with E-state index in [1.807, 2.05) is 20.0 Å². The Bertz CT molecular complexity index is 320. The molecule has 0 radical (unpaired) electrons. The van der Waals surface area contributed by atoms with Crippen LogP contribution < -0.4 is 0 Å². The summed E-state index contributed by atoms with van der Waals surface area (Å²) in [6.45, 7) is 6.29. The minimum Gasteiger partial charge on any atom is -0.466 e. The molecule has 0 atom stereocenters. The van der Waals surface area contributed by atoms with E-state index >= 15 is 0 Å². The highest BCUT2D eigenvalue weighted by Crippen LogP contribution is 2.04. The van der Waals surface area contributed by atoms with E-state index in [2.05, 4.69) is 10.3 Å².